The van der Waals surface area contributed by atoms with Crippen LogP contribution < -0.4 is 5.32 Å². The fourth-order valence-electron chi connectivity index (χ4n) is 5.00. The minimum Gasteiger partial charge on any atom is -0.389 e. The predicted molar refractivity (Wildman–Crippen MR) is 121 cm³/mol. The van der Waals surface area contributed by atoms with Gasteiger partial charge in [0.2, 0.25) is 0 Å². The maximum Gasteiger partial charge on any atom is 0.0737 e. The van der Waals surface area contributed by atoms with E-state index in [0.29, 0.717) is 0 Å². The van der Waals surface area contributed by atoms with E-state index in [1.807, 2.05) is 0 Å². The Kier molecular flexibility index (Phi) is 8.55. The molecule has 0 radical (unpaired) electrons. The van der Waals surface area contributed by atoms with Crippen molar-refractivity contribution in [2.75, 3.05) is 0 Å². The zero-order valence-electron chi connectivity index (χ0n) is 17.5. The highest BCUT2D eigenvalue weighted by Crippen LogP contribution is 2.50. The van der Waals surface area contributed by atoms with Gasteiger partial charge in [0.1, 0.15) is 0 Å². The lowest BCUT2D eigenvalue weighted by Crippen LogP contribution is -2.58. The van der Waals surface area contributed by atoms with Crippen LogP contribution in [0.2, 0.25) is 0 Å². The van der Waals surface area contributed by atoms with Crippen LogP contribution in [-0.2, 0) is 0 Å². The minimum absolute atomic E-state index is 0. The highest BCUT2D eigenvalue weighted by atomic mass is 35.5. The van der Waals surface area contributed by atoms with Crippen molar-refractivity contribution in [3.8, 4) is 0 Å². The third-order valence-corrected chi connectivity index (χ3v) is 6.54. The molecule has 2 N–H and O–H groups in total. The number of nitrogens with one attached hydrogen (secondary N) is 1. The molecule has 5 atom stereocenters. The topological polar surface area (TPSA) is 32.3 Å². The van der Waals surface area contributed by atoms with Crippen LogP contribution in [0.15, 0.2) is 60.7 Å². The smallest absolute Gasteiger partial charge is 0.0737 e. The maximum absolute atomic E-state index is 12.1. The van der Waals surface area contributed by atoms with Gasteiger partial charge in [-0.05, 0) is 24.0 Å². The van der Waals surface area contributed by atoms with E-state index in [-0.39, 0.29) is 36.3 Å². The van der Waals surface area contributed by atoms with Gasteiger partial charge in [0.15, 0.2) is 0 Å². The summed E-state index contributed by atoms with van der Waals surface area (Å²) >= 11 is 0. The summed E-state index contributed by atoms with van der Waals surface area (Å²) in [5, 5.41) is 16.0. The number of rotatable bonds is 7. The largest absolute Gasteiger partial charge is 0.389 e. The van der Waals surface area contributed by atoms with Gasteiger partial charge >= 0.3 is 0 Å². The van der Waals surface area contributed by atoms with Gasteiger partial charge in [-0.1, -0.05) is 101 Å². The van der Waals surface area contributed by atoms with Crippen LogP contribution in [0.4, 0.5) is 0 Å². The second-order valence-electron chi connectivity index (χ2n) is 8.22. The average Bonchev–Trinajstić information content (AvgIpc) is 2.72. The van der Waals surface area contributed by atoms with Gasteiger partial charge in [-0.2, -0.15) is 0 Å². The number of hydrogen-bond acceptors (Lipinski definition) is 2. The Hall–Kier alpha value is -1.35. The number of halogens is 1. The van der Waals surface area contributed by atoms with E-state index in [0.717, 1.165) is 32.1 Å². The second-order valence-corrected chi connectivity index (χ2v) is 8.22. The molecular weight excluding hydrogens is 366 g/mol. The monoisotopic (exact) mass is 401 g/mol. The Bertz CT molecular complexity index is 692. The molecule has 1 aliphatic heterocycles. The van der Waals surface area contributed by atoms with Crippen LogP contribution in [0.25, 0.3) is 0 Å². The van der Waals surface area contributed by atoms with E-state index < -0.39 is 5.60 Å². The first-order valence-corrected chi connectivity index (χ1v) is 10.7. The fraction of sp³-hybridized carbons (Fsp3) is 0.520. The number of aliphatic hydroxyl groups is 1. The van der Waals surface area contributed by atoms with Crippen molar-refractivity contribution < 1.29 is 5.11 Å². The minimum atomic E-state index is -0.654. The van der Waals surface area contributed by atoms with E-state index in [2.05, 4.69) is 86.8 Å². The van der Waals surface area contributed by atoms with Crippen LogP contribution in [0, 0.1) is 11.8 Å². The summed E-state index contributed by atoms with van der Waals surface area (Å²) < 4.78 is 0. The SMILES string of the molecule is CCCCC1(O)C(C)C(c2ccccc2)NC(c2ccccc2)C1CCC.Cl. The normalized spacial score (nSPS) is 29.9. The highest BCUT2D eigenvalue weighted by Gasteiger charge is 2.51. The molecule has 2 aromatic rings. The zero-order valence-corrected chi connectivity index (χ0v) is 18.3. The molecule has 1 saturated heterocycles. The molecule has 3 heteroatoms. The Balaban J connectivity index is 0.00000280. The van der Waals surface area contributed by atoms with Crippen molar-refractivity contribution in [3.63, 3.8) is 0 Å². The van der Waals surface area contributed by atoms with Crippen LogP contribution in [0.5, 0.6) is 0 Å². The first-order chi connectivity index (χ1) is 13.1. The van der Waals surface area contributed by atoms with Crippen molar-refractivity contribution in [2.45, 2.75) is 70.6 Å². The number of benzene rings is 2. The summed E-state index contributed by atoms with van der Waals surface area (Å²) in [6, 6.07) is 21.7. The van der Waals surface area contributed by atoms with Crippen LogP contribution in [-0.4, -0.2) is 10.7 Å². The first kappa shape index (κ1) is 22.9. The Morgan fingerprint density at radius 2 is 1.39 bits per heavy atom. The molecule has 0 aliphatic carbocycles. The highest BCUT2D eigenvalue weighted by molar-refractivity contribution is 5.85. The molecule has 1 aliphatic rings. The van der Waals surface area contributed by atoms with Gasteiger partial charge in [-0.15, -0.1) is 12.4 Å². The first-order valence-electron chi connectivity index (χ1n) is 10.7. The van der Waals surface area contributed by atoms with Crippen molar-refractivity contribution in [3.05, 3.63) is 71.8 Å². The molecule has 0 saturated carbocycles. The van der Waals surface area contributed by atoms with Crippen LogP contribution >= 0.6 is 12.4 Å². The van der Waals surface area contributed by atoms with Gasteiger partial charge in [-0.3, -0.25) is 0 Å². The van der Waals surface area contributed by atoms with Crippen LogP contribution in [0.3, 0.4) is 0 Å². The molecule has 1 heterocycles. The van der Waals surface area contributed by atoms with Crippen molar-refractivity contribution in [1.82, 2.24) is 5.32 Å². The standard InChI is InChI=1S/C25H35NO.ClH/c1-4-6-18-25(27)19(3)23(20-14-9-7-10-15-20)26-24(22(25)13-5-2)21-16-11-8-12-17-21;/h7-12,14-17,19,22-24,26-27H,4-6,13,18H2,1-3H3;1H. The number of hydrogen-bond donors (Lipinski definition) is 2. The molecule has 5 unspecified atom stereocenters. The molecule has 154 valence electrons. The lowest BCUT2D eigenvalue weighted by molar-refractivity contribution is -0.125. The van der Waals surface area contributed by atoms with Crippen LogP contribution in [0.1, 0.15) is 76.1 Å². The number of piperidine rings is 1. The molecular formula is C25H36ClNO. The van der Waals surface area contributed by atoms with E-state index in [4.69, 9.17) is 0 Å². The fourth-order valence-corrected chi connectivity index (χ4v) is 5.00. The summed E-state index contributed by atoms with van der Waals surface area (Å²) in [7, 11) is 0. The molecule has 2 nitrogen and oxygen atoms in total. The third-order valence-electron chi connectivity index (χ3n) is 6.54. The van der Waals surface area contributed by atoms with Gasteiger partial charge in [-0.25, -0.2) is 0 Å². The molecule has 0 bridgehead atoms. The average molecular weight is 402 g/mol. The van der Waals surface area contributed by atoms with Crippen molar-refractivity contribution in [1.29, 1.82) is 0 Å². The zero-order chi connectivity index (χ0) is 19.3. The van der Waals surface area contributed by atoms with E-state index in [9.17, 15) is 5.11 Å². The van der Waals surface area contributed by atoms with Gasteiger partial charge < -0.3 is 10.4 Å². The molecule has 1 fully saturated rings. The summed E-state index contributed by atoms with van der Waals surface area (Å²) in [5.41, 5.74) is 1.91. The van der Waals surface area contributed by atoms with Gasteiger partial charge in [0.25, 0.3) is 0 Å². The molecule has 0 amide bonds. The quantitative estimate of drug-likeness (QED) is 0.557. The predicted octanol–water partition coefficient (Wildman–Crippen LogP) is 6.47. The van der Waals surface area contributed by atoms with E-state index >= 15 is 0 Å². The Morgan fingerprint density at radius 3 is 1.89 bits per heavy atom. The summed E-state index contributed by atoms with van der Waals surface area (Å²) in [6.07, 6.45) is 5.20. The summed E-state index contributed by atoms with van der Waals surface area (Å²) in [6.45, 7) is 6.69. The molecule has 3 rings (SSSR count). The Morgan fingerprint density at radius 1 is 0.857 bits per heavy atom. The Labute approximate surface area is 177 Å². The molecule has 0 spiro atoms. The number of unbranched alkanes of at least 4 members (excludes halogenated alkanes) is 1. The second kappa shape index (κ2) is 10.4. The van der Waals surface area contributed by atoms with Gasteiger partial charge in [0, 0.05) is 23.9 Å². The molecule has 0 aromatic heterocycles. The lowest BCUT2D eigenvalue weighted by atomic mass is 9.62. The third kappa shape index (κ3) is 4.62. The molecule has 2 aromatic carbocycles. The van der Waals surface area contributed by atoms with Gasteiger partial charge in [0.05, 0.1) is 5.60 Å². The van der Waals surface area contributed by atoms with Crippen molar-refractivity contribution >= 4 is 12.4 Å². The lowest BCUT2D eigenvalue weighted by Gasteiger charge is -2.53. The maximum atomic E-state index is 12.1. The molecule has 28 heavy (non-hydrogen) atoms. The van der Waals surface area contributed by atoms with E-state index in [1.54, 1.807) is 0 Å². The van der Waals surface area contributed by atoms with Crippen molar-refractivity contribution in [2.24, 2.45) is 11.8 Å². The summed E-state index contributed by atoms with van der Waals surface area (Å²) in [4.78, 5) is 0. The summed E-state index contributed by atoms with van der Waals surface area (Å²) in [5.74, 6) is 0.398. The van der Waals surface area contributed by atoms with E-state index in [1.165, 1.54) is 11.1 Å².